The Kier molecular flexibility index (Phi) is 6.49. The molecule has 2 aromatic rings. The highest BCUT2D eigenvalue weighted by Crippen LogP contribution is 2.34. The SMILES string of the molecule is COCCn1c(SCC(=O)NC2(C)CCS(=O)(=O)C2)nc2sc3c(c2c1=O)CCCC3. The molecule has 31 heavy (non-hydrogen) atoms. The minimum atomic E-state index is -3.11. The quantitative estimate of drug-likeness (QED) is 0.470. The summed E-state index contributed by atoms with van der Waals surface area (Å²) in [7, 11) is -1.52. The zero-order chi connectivity index (χ0) is 22.2. The molecule has 0 bridgehead atoms. The Hall–Kier alpha value is -1.43. The van der Waals surface area contributed by atoms with E-state index in [1.807, 2.05) is 0 Å². The van der Waals surface area contributed by atoms with Gasteiger partial charge in [0.15, 0.2) is 15.0 Å². The summed E-state index contributed by atoms with van der Waals surface area (Å²) in [6.07, 6.45) is 4.53. The third kappa shape index (κ3) is 4.84. The Morgan fingerprint density at radius 3 is 2.84 bits per heavy atom. The van der Waals surface area contributed by atoms with Crippen molar-refractivity contribution in [3.63, 3.8) is 0 Å². The lowest BCUT2D eigenvalue weighted by atomic mass is 9.97. The first-order valence-electron chi connectivity index (χ1n) is 10.4. The second-order valence-electron chi connectivity index (χ2n) is 8.47. The van der Waals surface area contributed by atoms with Gasteiger partial charge in [-0.3, -0.25) is 14.2 Å². The Morgan fingerprint density at radius 1 is 1.35 bits per heavy atom. The molecule has 0 aromatic carbocycles. The maximum Gasteiger partial charge on any atom is 0.263 e. The number of ether oxygens (including phenoxy) is 1. The summed E-state index contributed by atoms with van der Waals surface area (Å²) in [4.78, 5) is 32.6. The fourth-order valence-electron chi connectivity index (χ4n) is 4.32. The van der Waals surface area contributed by atoms with Crippen LogP contribution >= 0.6 is 23.1 Å². The summed E-state index contributed by atoms with van der Waals surface area (Å²) in [6.45, 7) is 2.49. The molecule has 0 spiro atoms. The number of rotatable bonds is 7. The summed E-state index contributed by atoms with van der Waals surface area (Å²) in [5.74, 6) is -0.150. The normalized spacial score (nSPS) is 22.5. The van der Waals surface area contributed by atoms with Gasteiger partial charge in [0.25, 0.3) is 5.56 Å². The highest BCUT2D eigenvalue weighted by molar-refractivity contribution is 7.99. The first-order chi connectivity index (χ1) is 14.7. The van der Waals surface area contributed by atoms with Crippen LogP contribution in [0.25, 0.3) is 10.2 Å². The minimum absolute atomic E-state index is 0.0418. The van der Waals surface area contributed by atoms with Crippen LogP contribution in [-0.4, -0.2) is 60.4 Å². The van der Waals surface area contributed by atoms with E-state index in [2.05, 4.69) is 5.32 Å². The van der Waals surface area contributed by atoms with Crippen LogP contribution in [0.5, 0.6) is 0 Å². The van der Waals surface area contributed by atoms with Crippen molar-refractivity contribution in [2.75, 3.05) is 31.0 Å². The van der Waals surface area contributed by atoms with Gasteiger partial charge in [-0.2, -0.15) is 0 Å². The first kappa shape index (κ1) is 22.8. The van der Waals surface area contributed by atoms with Crippen molar-refractivity contribution in [3.8, 4) is 0 Å². The van der Waals surface area contributed by atoms with Crippen LogP contribution in [0.3, 0.4) is 0 Å². The minimum Gasteiger partial charge on any atom is -0.383 e. The van der Waals surface area contributed by atoms with Gasteiger partial charge in [-0.25, -0.2) is 13.4 Å². The highest BCUT2D eigenvalue weighted by Gasteiger charge is 2.39. The van der Waals surface area contributed by atoms with Crippen LogP contribution in [0, 0.1) is 0 Å². The van der Waals surface area contributed by atoms with Crippen molar-refractivity contribution in [3.05, 3.63) is 20.8 Å². The van der Waals surface area contributed by atoms with E-state index < -0.39 is 15.4 Å². The van der Waals surface area contributed by atoms with E-state index in [0.29, 0.717) is 30.1 Å². The van der Waals surface area contributed by atoms with Gasteiger partial charge in [0.2, 0.25) is 5.91 Å². The second kappa shape index (κ2) is 8.84. The summed E-state index contributed by atoms with van der Waals surface area (Å²) in [5, 5.41) is 4.07. The number of aromatic nitrogens is 2. The van der Waals surface area contributed by atoms with Gasteiger partial charge in [-0.1, -0.05) is 11.8 Å². The van der Waals surface area contributed by atoms with Crippen molar-refractivity contribution in [1.29, 1.82) is 0 Å². The molecule has 0 radical (unpaired) electrons. The van der Waals surface area contributed by atoms with E-state index in [4.69, 9.17) is 9.72 Å². The Labute approximate surface area is 189 Å². The predicted octanol–water partition coefficient (Wildman–Crippen LogP) is 1.77. The van der Waals surface area contributed by atoms with Crippen LogP contribution in [0.15, 0.2) is 9.95 Å². The number of nitrogens with one attached hydrogen (secondary N) is 1. The van der Waals surface area contributed by atoms with E-state index >= 15 is 0 Å². The molecule has 170 valence electrons. The molecule has 4 rings (SSSR count). The third-order valence-electron chi connectivity index (χ3n) is 5.84. The van der Waals surface area contributed by atoms with Crippen molar-refractivity contribution in [2.24, 2.45) is 0 Å². The zero-order valence-corrected chi connectivity index (χ0v) is 20.2. The largest absolute Gasteiger partial charge is 0.383 e. The smallest absolute Gasteiger partial charge is 0.263 e. The second-order valence-corrected chi connectivity index (χ2v) is 12.7. The molecular weight excluding hydrogens is 458 g/mol. The number of aryl methyl sites for hydroxylation is 2. The number of hydrogen-bond acceptors (Lipinski definition) is 8. The standard InChI is InChI=1S/C20H27N3O5S3/c1-20(7-10-31(26,27)12-20)22-15(24)11-29-19-21-17-16(18(25)23(19)8-9-28-2)13-5-3-4-6-14(13)30-17/h3-12H2,1-2H3,(H,22,24). The molecule has 1 atom stereocenters. The molecule has 1 N–H and O–H groups in total. The van der Waals surface area contributed by atoms with E-state index in [0.717, 1.165) is 36.1 Å². The lowest BCUT2D eigenvalue weighted by Gasteiger charge is -2.23. The molecule has 1 fully saturated rings. The van der Waals surface area contributed by atoms with Crippen molar-refractivity contribution < 1.29 is 17.9 Å². The van der Waals surface area contributed by atoms with Gasteiger partial charge in [-0.05, 0) is 44.6 Å². The van der Waals surface area contributed by atoms with Gasteiger partial charge < -0.3 is 10.1 Å². The van der Waals surface area contributed by atoms with Crippen LogP contribution in [0.4, 0.5) is 0 Å². The molecule has 1 amide bonds. The van der Waals surface area contributed by atoms with E-state index in [9.17, 15) is 18.0 Å². The van der Waals surface area contributed by atoms with E-state index in [1.54, 1.807) is 29.9 Å². The lowest BCUT2D eigenvalue weighted by Crippen LogP contribution is -2.47. The molecule has 11 heteroatoms. The monoisotopic (exact) mass is 485 g/mol. The number of carbonyl (C=O) groups is 1. The van der Waals surface area contributed by atoms with Crippen LogP contribution in [-0.2, 0) is 38.8 Å². The maximum absolute atomic E-state index is 13.3. The summed E-state index contributed by atoms with van der Waals surface area (Å²) in [6, 6.07) is 0. The van der Waals surface area contributed by atoms with Crippen molar-refractivity contribution >= 4 is 49.1 Å². The van der Waals surface area contributed by atoms with Crippen LogP contribution in [0.2, 0.25) is 0 Å². The molecule has 2 aliphatic rings. The number of thioether (sulfide) groups is 1. The lowest BCUT2D eigenvalue weighted by molar-refractivity contribution is -0.120. The van der Waals surface area contributed by atoms with Crippen molar-refractivity contribution in [1.82, 2.24) is 14.9 Å². The van der Waals surface area contributed by atoms with E-state index in [1.165, 1.54) is 16.6 Å². The number of nitrogens with zero attached hydrogens (tertiary/aromatic N) is 2. The first-order valence-corrected chi connectivity index (χ1v) is 14.0. The maximum atomic E-state index is 13.3. The number of hydrogen-bond donors (Lipinski definition) is 1. The van der Waals surface area contributed by atoms with Gasteiger partial charge in [0.1, 0.15) is 4.83 Å². The van der Waals surface area contributed by atoms with E-state index in [-0.39, 0.29) is 28.7 Å². The van der Waals surface area contributed by atoms with Gasteiger partial charge in [-0.15, -0.1) is 11.3 Å². The fourth-order valence-corrected chi connectivity index (χ4v) is 8.54. The number of amides is 1. The Bertz CT molecular complexity index is 1170. The summed E-state index contributed by atoms with van der Waals surface area (Å²) in [5.41, 5.74) is 0.328. The molecule has 1 saturated heterocycles. The molecule has 0 saturated carbocycles. The molecule has 2 aromatic heterocycles. The molecule has 3 heterocycles. The predicted molar refractivity (Wildman–Crippen MR) is 123 cm³/mol. The Morgan fingerprint density at radius 2 is 2.13 bits per heavy atom. The Balaban J connectivity index is 1.57. The van der Waals surface area contributed by atoms with Crippen LogP contribution < -0.4 is 10.9 Å². The average Bonchev–Trinajstić information content (AvgIpc) is 3.21. The van der Waals surface area contributed by atoms with Gasteiger partial charge in [0.05, 0.1) is 41.3 Å². The molecule has 1 unspecified atom stereocenters. The average molecular weight is 486 g/mol. The fraction of sp³-hybridized carbons (Fsp3) is 0.650. The molecule has 1 aliphatic carbocycles. The molecule has 8 nitrogen and oxygen atoms in total. The number of carbonyl (C=O) groups excluding carboxylic acids is 1. The van der Waals surface area contributed by atoms with Crippen molar-refractivity contribution in [2.45, 2.75) is 56.3 Å². The summed E-state index contributed by atoms with van der Waals surface area (Å²) >= 11 is 2.79. The molecule has 1 aliphatic heterocycles. The third-order valence-corrected chi connectivity index (χ3v) is 9.90. The zero-order valence-electron chi connectivity index (χ0n) is 17.7. The number of methoxy groups -OCH3 is 1. The number of fused-ring (bicyclic) bond motifs is 3. The highest BCUT2D eigenvalue weighted by atomic mass is 32.2. The summed E-state index contributed by atoms with van der Waals surface area (Å²) < 4.78 is 30.3. The van der Waals surface area contributed by atoms with Crippen LogP contribution in [0.1, 0.15) is 36.6 Å². The number of sulfone groups is 1. The van der Waals surface area contributed by atoms with Gasteiger partial charge >= 0.3 is 0 Å². The topological polar surface area (TPSA) is 107 Å². The molecular formula is C20H27N3O5S3. The van der Waals surface area contributed by atoms with Gasteiger partial charge in [0, 0.05) is 12.0 Å². The number of thiophene rings is 1.